The van der Waals surface area contributed by atoms with Crippen molar-refractivity contribution >= 4 is 34.8 Å². The molecular formula is C18H28Cl2F5N3O2S. The van der Waals surface area contributed by atoms with Crippen molar-refractivity contribution < 1.29 is 30.4 Å². The van der Waals surface area contributed by atoms with Crippen molar-refractivity contribution in [2.24, 2.45) is 0 Å². The fourth-order valence-corrected chi connectivity index (χ4v) is 4.48. The van der Waals surface area contributed by atoms with E-state index in [0.29, 0.717) is 25.4 Å². The lowest BCUT2D eigenvalue weighted by atomic mass is 9.95. The van der Waals surface area contributed by atoms with Crippen LogP contribution in [0.15, 0.2) is 4.90 Å². The fourth-order valence-electron chi connectivity index (χ4n) is 3.27. The van der Waals surface area contributed by atoms with Gasteiger partial charge in [-0.05, 0) is 32.2 Å². The average Bonchev–Trinajstić information content (AvgIpc) is 2.70. The van der Waals surface area contributed by atoms with Gasteiger partial charge in [0, 0.05) is 25.7 Å². The summed E-state index contributed by atoms with van der Waals surface area (Å²) in [5, 5.41) is 6.67. The molecule has 3 N–H and O–H groups in total. The minimum Gasteiger partial charge on any atom is -0.315 e. The van der Waals surface area contributed by atoms with Crippen LogP contribution in [0.25, 0.3) is 0 Å². The summed E-state index contributed by atoms with van der Waals surface area (Å²) < 4.78 is 92.4. The van der Waals surface area contributed by atoms with Gasteiger partial charge in [0.1, 0.15) is 0 Å². The number of halogens is 7. The summed E-state index contributed by atoms with van der Waals surface area (Å²) in [4.78, 5) is -1.86. The van der Waals surface area contributed by atoms with E-state index in [1.54, 1.807) is 0 Å². The van der Waals surface area contributed by atoms with E-state index < -0.39 is 44.0 Å². The molecule has 0 unspecified atom stereocenters. The molecule has 1 aromatic carbocycles. The Balaban J connectivity index is 0.00000450. The quantitative estimate of drug-likeness (QED) is 0.181. The smallest absolute Gasteiger partial charge is 0.246 e. The third-order valence-electron chi connectivity index (χ3n) is 4.85. The van der Waals surface area contributed by atoms with Gasteiger partial charge in [-0.2, -0.15) is 0 Å². The molecule has 13 heteroatoms. The van der Waals surface area contributed by atoms with Crippen molar-refractivity contribution in [2.75, 3.05) is 26.2 Å². The maximum absolute atomic E-state index is 13.6. The molecule has 0 aromatic heterocycles. The van der Waals surface area contributed by atoms with E-state index in [1.165, 1.54) is 32.1 Å². The highest BCUT2D eigenvalue weighted by atomic mass is 35.5. The van der Waals surface area contributed by atoms with Gasteiger partial charge >= 0.3 is 0 Å². The highest BCUT2D eigenvalue weighted by molar-refractivity contribution is 7.89. The largest absolute Gasteiger partial charge is 0.315 e. The van der Waals surface area contributed by atoms with Crippen molar-refractivity contribution in [2.45, 2.75) is 55.9 Å². The summed E-state index contributed by atoms with van der Waals surface area (Å²) in [5.74, 6) is -11.7. The molecule has 1 fully saturated rings. The van der Waals surface area contributed by atoms with Gasteiger partial charge in [-0.1, -0.05) is 19.3 Å². The summed E-state index contributed by atoms with van der Waals surface area (Å²) >= 11 is 0. The molecule has 182 valence electrons. The van der Waals surface area contributed by atoms with E-state index in [4.69, 9.17) is 0 Å². The van der Waals surface area contributed by atoms with Gasteiger partial charge in [-0.15, -0.1) is 24.8 Å². The first-order chi connectivity index (χ1) is 13.8. The predicted octanol–water partition coefficient (Wildman–Crippen LogP) is 3.80. The van der Waals surface area contributed by atoms with Crippen LogP contribution in [0.3, 0.4) is 0 Å². The first-order valence-corrected chi connectivity index (χ1v) is 11.2. The summed E-state index contributed by atoms with van der Waals surface area (Å²) in [5.41, 5.74) is 0. The monoisotopic (exact) mass is 515 g/mol. The molecule has 1 aromatic rings. The molecule has 0 radical (unpaired) electrons. The first kappa shape index (κ1) is 30.3. The van der Waals surface area contributed by atoms with Crippen LogP contribution >= 0.6 is 24.8 Å². The Morgan fingerprint density at radius 1 is 0.710 bits per heavy atom. The summed E-state index contributed by atoms with van der Waals surface area (Å²) in [6.07, 6.45) is 7.11. The zero-order chi connectivity index (χ0) is 21.4. The van der Waals surface area contributed by atoms with E-state index in [-0.39, 0.29) is 31.4 Å². The normalized spacial score (nSPS) is 14.7. The van der Waals surface area contributed by atoms with Crippen molar-refractivity contribution in [3.05, 3.63) is 29.1 Å². The Bertz CT molecular complexity index is 768. The molecule has 0 spiro atoms. The second-order valence-electron chi connectivity index (χ2n) is 7.04. The Kier molecular flexibility index (Phi) is 14.1. The second-order valence-corrected chi connectivity index (χ2v) is 8.75. The van der Waals surface area contributed by atoms with E-state index in [1.807, 2.05) is 4.72 Å². The van der Waals surface area contributed by atoms with Crippen LogP contribution in [-0.2, 0) is 10.0 Å². The van der Waals surface area contributed by atoms with Crippen LogP contribution in [0, 0.1) is 29.1 Å². The second kappa shape index (κ2) is 14.4. The molecule has 0 bridgehead atoms. The Hall–Kier alpha value is -0.720. The number of nitrogens with one attached hydrogen (secondary N) is 3. The minimum absolute atomic E-state index is 0. The first-order valence-electron chi connectivity index (χ1n) is 9.71. The SMILES string of the molecule is Cl.Cl.O=S(=O)(NCCCCNCCNC1CCCCC1)c1c(F)c(F)c(F)c(F)c1F. The highest BCUT2D eigenvalue weighted by Crippen LogP contribution is 2.26. The van der Waals surface area contributed by atoms with Gasteiger partial charge in [-0.3, -0.25) is 0 Å². The number of sulfonamides is 1. The third-order valence-corrected chi connectivity index (χ3v) is 6.33. The average molecular weight is 516 g/mol. The van der Waals surface area contributed by atoms with Gasteiger partial charge in [0.05, 0.1) is 0 Å². The van der Waals surface area contributed by atoms with E-state index in [0.717, 1.165) is 13.1 Å². The maximum Gasteiger partial charge on any atom is 0.246 e. The molecule has 0 atom stereocenters. The van der Waals surface area contributed by atoms with Gasteiger partial charge in [-0.25, -0.2) is 35.1 Å². The zero-order valence-electron chi connectivity index (χ0n) is 16.8. The maximum atomic E-state index is 13.6. The van der Waals surface area contributed by atoms with Crippen LogP contribution in [0.4, 0.5) is 22.0 Å². The van der Waals surface area contributed by atoms with Gasteiger partial charge in [0.25, 0.3) is 0 Å². The molecule has 5 nitrogen and oxygen atoms in total. The van der Waals surface area contributed by atoms with Crippen LogP contribution < -0.4 is 15.4 Å². The minimum atomic E-state index is -4.87. The van der Waals surface area contributed by atoms with Crippen molar-refractivity contribution in [1.29, 1.82) is 0 Å². The number of unbranched alkanes of at least 4 members (excludes halogenated alkanes) is 1. The lowest BCUT2D eigenvalue weighted by Gasteiger charge is -2.22. The van der Waals surface area contributed by atoms with Crippen molar-refractivity contribution in [3.63, 3.8) is 0 Å². The molecule has 0 aliphatic heterocycles. The number of benzene rings is 1. The molecule has 0 heterocycles. The predicted molar refractivity (Wildman–Crippen MR) is 113 cm³/mol. The Morgan fingerprint density at radius 3 is 1.81 bits per heavy atom. The third kappa shape index (κ3) is 8.62. The lowest BCUT2D eigenvalue weighted by Crippen LogP contribution is -2.36. The highest BCUT2D eigenvalue weighted by Gasteiger charge is 2.33. The van der Waals surface area contributed by atoms with Crippen LogP contribution in [0.1, 0.15) is 44.9 Å². The van der Waals surface area contributed by atoms with E-state index in [9.17, 15) is 30.4 Å². The number of hydrogen-bond donors (Lipinski definition) is 3. The van der Waals surface area contributed by atoms with Gasteiger partial charge < -0.3 is 10.6 Å². The molecular weight excluding hydrogens is 488 g/mol. The van der Waals surface area contributed by atoms with Crippen molar-refractivity contribution in [3.8, 4) is 0 Å². The van der Waals surface area contributed by atoms with E-state index >= 15 is 0 Å². The van der Waals surface area contributed by atoms with Crippen LogP contribution in [-0.4, -0.2) is 40.6 Å². The topological polar surface area (TPSA) is 70.2 Å². The number of hydrogen-bond acceptors (Lipinski definition) is 4. The molecule has 1 aliphatic carbocycles. The summed E-state index contributed by atoms with van der Waals surface area (Å²) in [6, 6.07) is 0.571. The molecule has 1 aliphatic rings. The zero-order valence-corrected chi connectivity index (χ0v) is 19.2. The standard InChI is InChI=1S/C18H26F5N3O2S.2ClH/c19-13-14(20)16(22)18(17(23)15(13)21)29(27,28)26-9-5-4-8-24-10-11-25-12-6-2-1-3-7-12;;/h12,24-26H,1-11H2;2*1H. The van der Waals surface area contributed by atoms with Crippen molar-refractivity contribution in [1.82, 2.24) is 15.4 Å². The molecule has 0 amide bonds. The van der Waals surface area contributed by atoms with Gasteiger partial charge in [0.15, 0.2) is 28.2 Å². The van der Waals surface area contributed by atoms with Crippen LogP contribution in [0.2, 0.25) is 0 Å². The summed E-state index contributed by atoms with van der Waals surface area (Å²) in [6.45, 7) is 2.00. The number of rotatable bonds is 11. The molecule has 0 saturated heterocycles. The van der Waals surface area contributed by atoms with Crippen LogP contribution in [0.5, 0.6) is 0 Å². The molecule has 2 rings (SSSR count). The van der Waals surface area contributed by atoms with Gasteiger partial charge in [0.2, 0.25) is 15.8 Å². The lowest BCUT2D eigenvalue weighted by molar-refractivity contribution is 0.357. The summed E-state index contributed by atoms with van der Waals surface area (Å²) in [7, 11) is -4.87. The fraction of sp³-hybridized carbons (Fsp3) is 0.667. The molecule has 1 saturated carbocycles. The van der Waals surface area contributed by atoms with E-state index in [2.05, 4.69) is 10.6 Å². The molecule has 31 heavy (non-hydrogen) atoms. The Morgan fingerprint density at radius 2 is 1.23 bits per heavy atom. The Labute approximate surface area is 191 Å².